The molecule has 0 saturated heterocycles. The van der Waals surface area contributed by atoms with Gasteiger partial charge in [-0.1, -0.05) is 38.1 Å². The topological polar surface area (TPSA) is 56.7 Å². The number of imidazole rings is 1. The summed E-state index contributed by atoms with van der Waals surface area (Å²) in [5, 5.41) is 0. The van der Waals surface area contributed by atoms with E-state index in [2.05, 4.69) is 60.7 Å². The van der Waals surface area contributed by atoms with Gasteiger partial charge in [0.05, 0.1) is 6.54 Å². The van der Waals surface area contributed by atoms with Crippen LogP contribution < -0.4 is 5.73 Å². The predicted molar refractivity (Wildman–Crippen MR) is 99.0 cm³/mol. The maximum Gasteiger partial charge on any atom is 0.160 e. The highest BCUT2D eigenvalue weighted by molar-refractivity contribution is 5.72. The first-order valence-electron chi connectivity index (χ1n) is 8.76. The Labute approximate surface area is 143 Å². The Morgan fingerprint density at radius 3 is 2.38 bits per heavy atom. The number of hydrogen-bond donors (Lipinski definition) is 1. The molecule has 0 amide bonds. The predicted octanol–water partition coefficient (Wildman–Crippen LogP) is 4.15. The molecule has 0 atom stereocenters. The van der Waals surface area contributed by atoms with E-state index >= 15 is 0 Å². The van der Waals surface area contributed by atoms with Crippen molar-refractivity contribution in [2.45, 2.75) is 52.6 Å². The number of aryl methyl sites for hydroxylation is 1. The van der Waals surface area contributed by atoms with Crippen LogP contribution in [0, 0.1) is 6.92 Å². The van der Waals surface area contributed by atoms with Crippen LogP contribution in [0.5, 0.6) is 0 Å². The molecule has 3 rings (SSSR count). The summed E-state index contributed by atoms with van der Waals surface area (Å²) in [4.78, 5) is 9.59. The molecular weight excluding hydrogens is 296 g/mol. The van der Waals surface area contributed by atoms with Crippen LogP contribution in [-0.4, -0.2) is 14.5 Å². The highest BCUT2D eigenvalue weighted by Gasteiger charge is 2.18. The number of aromatic nitrogens is 3. The molecule has 2 aromatic heterocycles. The number of nitrogens with zero attached hydrogens (tertiary/aromatic N) is 3. The Hall–Kier alpha value is -2.20. The van der Waals surface area contributed by atoms with Gasteiger partial charge in [-0.25, -0.2) is 9.97 Å². The summed E-state index contributed by atoms with van der Waals surface area (Å²) in [6.45, 7) is 7.89. The van der Waals surface area contributed by atoms with Crippen molar-refractivity contribution in [1.29, 1.82) is 0 Å². The summed E-state index contributed by atoms with van der Waals surface area (Å²) in [6, 6.07) is 10.6. The molecule has 0 aliphatic rings. The normalized spacial score (nSPS) is 11.5. The Morgan fingerprint density at radius 2 is 1.75 bits per heavy atom. The zero-order valence-corrected chi connectivity index (χ0v) is 14.8. The number of fused-ring (bicyclic) bond motifs is 1. The van der Waals surface area contributed by atoms with Gasteiger partial charge in [-0.15, -0.1) is 0 Å². The van der Waals surface area contributed by atoms with E-state index in [4.69, 9.17) is 10.7 Å². The third-order valence-corrected chi connectivity index (χ3v) is 4.70. The first kappa shape index (κ1) is 16.7. The van der Waals surface area contributed by atoms with Crippen LogP contribution in [0.1, 0.15) is 55.1 Å². The molecule has 1 aromatic carbocycles. The molecule has 3 aromatic rings. The summed E-state index contributed by atoms with van der Waals surface area (Å²) in [5.74, 6) is 1.61. The van der Waals surface area contributed by atoms with Gasteiger partial charge in [-0.2, -0.15) is 0 Å². The fourth-order valence-corrected chi connectivity index (χ4v) is 3.21. The minimum absolute atomic E-state index is 0.461. The molecule has 2 heterocycles. The second kappa shape index (κ2) is 7.14. The number of pyridine rings is 1. The lowest BCUT2D eigenvalue weighted by atomic mass is 10.0. The van der Waals surface area contributed by atoms with E-state index in [-0.39, 0.29) is 0 Å². The third-order valence-electron chi connectivity index (χ3n) is 4.70. The molecule has 0 fully saturated rings. The second-order valence-corrected chi connectivity index (χ2v) is 6.45. The number of benzene rings is 1. The van der Waals surface area contributed by atoms with Gasteiger partial charge in [0.2, 0.25) is 0 Å². The Morgan fingerprint density at radius 1 is 1.08 bits per heavy atom. The van der Waals surface area contributed by atoms with Crippen LogP contribution >= 0.6 is 0 Å². The average Bonchev–Trinajstić information content (AvgIpc) is 2.94. The van der Waals surface area contributed by atoms with Crippen LogP contribution in [0.2, 0.25) is 0 Å². The van der Waals surface area contributed by atoms with Crippen molar-refractivity contribution in [3.63, 3.8) is 0 Å². The molecule has 4 heteroatoms. The highest BCUT2D eigenvalue weighted by atomic mass is 15.1. The van der Waals surface area contributed by atoms with E-state index in [0.29, 0.717) is 12.5 Å². The molecule has 0 bridgehead atoms. The van der Waals surface area contributed by atoms with E-state index in [0.717, 1.165) is 47.5 Å². The van der Waals surface area contributed by atoms with Crippen molar-refractivity contribution >= 4 is 11.2 Å². The molecule has 0 unspecified atom stereocenters. The molecule has 0 radical (unpaired) electrons. The van der Waals surface area contributed by atoms with E-state index in [9.17, 15) is 0 Å². The summed E-state index contributed by atoms with van der Waals surface area (Å²) in [7, 11) is 0. The molecule has 0 aliphatic carbocycles. The van der Waals surface area contributed by atoms with E-state index in [1.165, 1.54) is 5.56 Å². The molecular formula is C20H26N4. The fraction of sp³-hybridized carbons (Fsp3) is 0.400. The summed E-state index contributed by atoms with van der Waals surface area (Å²) in [6.07, 6.45) is 4.10. The highest BCUT2D eigenvalue weighted by Crippen LogP contribution is 2.27. The largest absolute Gasteiger partial charge is 0.326 e. The summed E-state index contributed by atoms with van der Waals surface area (Å²) in [5.41, 5.74) is 11.2. The van der Waals surface area contributed by atoms with Gasteiger partial charge in [0.15, 0.2) is 5.65 Å². The van der Waals surface area contributed by atoms with Crippen LogP contribution in [-0.2, 0) is 13.1 Å². The third kappa shape index (κ3) is 3.20. The SMILES string of the molecule is CCC(CC)c1nc2cc(C)cnc2n1Cc1ccc(CN)cc1. The van der Waals surface area contributed by atoms with Gasteiger partial charge >= 0.3 is 0 Å². The van der Waals surface area contributed by atoms with E-state index in [1.54, 1.807) is 0 Å². The zero-order valence-electron chi connectivity index (χ0n) is 14.8. The Balaban J connectivity index is 2.07. The minimum atomic E-state index is 0.461. The standard InChI is InChI=1S/C20H26N4/c1-4-17(5-2)19-23-18-10-14(3)12-22-20(18)24(19)13-16-8-6-15(11-21)7-9-16/h6-10,12,17H,4-5,11,13,21H2,1-3H3. The van der Waals surface area contributed by atoms with Crippen LogP contribution in [0.3, 0.4) is 0 Å². The monoisotopic (exact) mass is 322 g/mol. The first-order valence-corrected chi connectivity index (χ1v) is 8.76. The van der Waals surface area contributed by atoms with Gasteiger partial charge in [-0.05, 0) is 42.5 Å². The van der Waals surface area contributed by atoms with Crippen molar-refractivity contribution in [1.82, 2.24) is 14.5 Å². The fourth-order valence-electron chi connectivity index (χ4n) is 3.21. The maximum absolute atomic E-state index is 5.70. The van der Waals surface area contributed by atoms with Crippen molar-refractivity contribution < 1.29 is 0 Å². The smallest absolute Gasteiger partial charge is 0.160 e. The second-order valence-electron chi connectivity index (χ2n) is 6.45. The zero-order chi connectivity index (χ0) is 17.1. The van der Waals surface area contributed by atoms with Gasteiger partial charge in [-0.3, -0.25) is 0 Å². The minimum Gasteiger partial charge on any atom is -0.326 e. The number of rotatable bonds is 6. The molecule has 2 N–H and O–H groups in total. The Kier molecular flexibility index (Phi) is 4.95. The summed E-state index contributed by atoms with van der Waals surface area (Å²) < 4.78 is 2.28. The molecule has 0 saturated carbocycles. The van der Waals surface area contributed by atoms with E-state index in [1.807, 2.05) is 6.20 Å². The molecule has 0 aliphatic heterocycles. The number of nitrogens with two attached hydrogens (primary N) is 1. The molecule has 126 valence electrons. The summed E-state index contributed by atoms with van der Waals surface area (Å²) >= 11 is 0. The lowest BCUT2D eigenvalue weighted by molar-refractivity contribution is 0.569. The van der Waals surface area contributed by atoms with Crippen molar-refractivity contribution in [2.75, 3.05) is 0 Å². The molecule has 4 nitrogen and oxygen atoms in total. The van der Waals surface area contributed by atoms with Crippen molar-refractivity contribution in [2.24, 2.45) is 5.73 Å². The molecule has 24 heavy (non-hydrogen) atoms. The molecule has 0 spiro atoms. The van der Waals surface area contributed by atoms with Gasteiger partial charge in [0.25, 0.3) is 0 Å². The van der Waals surface area contributed by atoms with Crippen molar-refractivity contribution in [3.8, 4) is 0 Å². The number of hydrogen-bond acceptors (Lipinski definition) is 3. The van der Waals surface area contributed by atoms with Crippen LogP contribution in [0.15, 0.2) is 36.5 Å². The first-order chi connectivity index (χ1) is 11.7. The average molecular weight is 322 g/mol. The quantitative estimate of drug-likeness (QED) is 0.741. The van der Waals surface area contributed by atoms with Gasteiger partial charge < -0.3 is 10.3 Å². The lowest BCUT2D eigenvalue weighted by Crippen LogP contribution is -2.10. The van der Waals surface area contributed by atoms with E-state index < -0.39 is 0 Å². The van der Waals surface area contributed by atoms with Gasteiger partial charge in [0, 0.05) is 18.7 Å². The van der Waals surface area contributed by atoms with Crippen LogP contribution in [0.25, 0.3) is 11.2 Å². The van der Waals surface area contributed by atoms with Gasteiger partial charge in [0.1, 0.15) is 11.3 Å². The van der Waals surface area contributed by atoms with Crippen molar-refractivity contribution in [3.05, 3.63) is 59.0 Å². The van der Waals surface area contributed by atoms with Crippen LogP contribution in [0.4, 0.5) is 0 Å². The lowest BCUT2D eigenvalue weighted by Gasteiger charge is -2.15. The Bertz CT molecular complexity index is 814. The maximum atomic E-state index is 5.70.